The standard InChI is InChI=1S/C34H37BFN5O7S/c1-4-49(45,46)38-23-7-11-31(48-32-12-10-26(19-30(32)36)47-25-8-5-22(6-9-25)35(43)44)27(17-23)29-21-40(3)34(42)33-28(29)18-24(37-33)20-41-15-13-39(2)14-16-41/h5-12,17-19,21,37-38,43-44H,4,13-16,20H2,1-3H3. The second kappa shape index (κ2) is 14.1. The number of nitrogens with zero attached hydrogens (tertiary/aromatic N) is 3. The number of nitrogens with one attached hydrogen (secondary N) is 2. The van der Waals surface area contributed by atoms with Crippen LogP contribution in [0.15, 0.2) is 77.7 Å². The van der Waals surface area contributed by atoms with Crippen molar-refractivity contribution >= 4 is 39.2 Å². The molecule has 0 saturated carbocycles. The van der Waals surface area contributed by atoms with Gasteiger partial charge in [0.15, 0.2) is 11.6 Å². The zero-order valence-electron chi connectivity index (χ0n) is 27.3. The number of benzene rings is 3. The summed E-state index contributed by atoms with van der Waals surface area (Å²) in [6, 6.07) is 16.7. The first kappa shape index (κ1) is 34.2. The van der Waals surface area contributed by atoms with Gasteiger partial charge in [-0.15, -0.1) is 0 Å². The van der Waals surface area contributed by atoms with Gasteiger partial charge in [0.1, 0.15) is 22.8 Å². The number of H-pyrrole nitrogens is 1. The molecule has 0 unspecified atom stereocenters. The smallest absolute Gasteiger partial charge is 0.457 e. The van der Waals surface area contributed by atoms with E-state index in [0.717, 1.165) is 37.9 Å². The normalized spacial score (nSPS) is 14.2. The van der Waals surface area contributed by atoms with E-state index in [0.29, 0.717) is 34.3 Å². The maximum absolute atomic E-state index is 15.5. The summed E-state index contributed by atoms with van der Waals surface area (Å²) >= 11 is 0. The SMILES string of the molecule is CCS(=O)(=O)Nc1ccc(Oc2ccc(Oc3ccc(B(O)O)cc3)cc2F)c(-c2cn(C)c(=O)c3[nH]c(CN4CCN(C)CC4)cc23)c1. The highest BCUT2D eigenvalue weighted by molar-refractivity contribution is 7.92. The van der Waals surface area contributed by atoms with Crippen LogP contribution in [-0.4, -0.2) is 83.9 Å². The predicted octanol–water partition coefficient (Wildman–Crippen LogP) is 3.45. The Hall–Kier alpha value is -4.67. The lowest BCUT2D eigenvalue weighted by molar-refractivity contribution is 0.147. The van der Waals surface area contributed by atoms with Gasteiger partial charge in [-0.2, -0.15) is 0 Å². The van der Waals surface area contributed by atoms with Crippen LogP contribution in [0, 0.1) is 5.82 Å². The number of pyridine rings is 1. The van der Waals surface area contributed by atoms with Crippen LogP contribution in [0.2, 0.25) is 0 Å². The summed E-state index contributed by atoms with van der Waals surface area (Å²) in [5, 5.41) is 19.2. The molecule has 256 valence electrons. The van der Waals surface area contributed by atoms with Gasteiger partial charge < -0.3 is 34.0 Å². The van der Waals surface area contributed by atoms with Crippen molar-refractivity contribution in [3.63, 3.8) is 0 Å². The van der Waals surface area contributed by atoms with Crippen molar-refractivity contribution in [1.82, 2.24) is 19.4 Å². The van der Waals surface area contributed by atoms with Crippen molar-refractivity contribution in [1.29, 1.82) is 0 Å². The van der Waals surface area contributed by atoms with Gasteiger partial charge in [-0.1, -0.05) is 12.1 Å². The quantitative estimate of drug-likeness (QED) is 0.153. The Morgan fingerprint density at radius 1 is 0.898 bits per heavy atom. The molecule has 6 rings (SSSR count). The van der Waals surface area contributed by atoms with Crippen LogP contribution >= 0.6 is 0 Å². The van der Waals surface area contributed by atoms with E-state index in [9.17, 15) is 23.3 Å². The molecule has 2 aromatic heterocycles. The van der Waals surface area contributed by atoms with Crippen molar-refractivity contribution in [3.05, 3.63) is 94.8 Å². The number of sulfonamides is 1. The van der Waals surface area contributed by atoms with Crippen LogP contribution in [0.3, 0.4) is 0 Å². The summed E-state index contributed by atoms with van der Waals surface area (Å²) in [4.78, 5) is 21.2. The fourth-order valence-electron chi connectivity index (χ4n) is 5.67. The van der Waals surface area contributed by atoms with E-state index >= 15 is 4.39 Å². The summed E-state index contributed by atoms with van der Waals surface area (Å²) in [7, 11) is -1.52. The molecule has 0 spiro atoms. The average molecular weight is 690 g/mol. The lowest BCUT2D eigenvalue weighted by Gasteiger charge is -2.31. The fourth-order valence-corrected chi connectivity index (χ4v) is 6.30. The Morgan fingerprint density at radius 3 is 2.27 bits per heavy atom. The Balaban J connectivity index is 1.37. The highest BCUT2D eigenvalue weighted by atomic mass is 32.2. The van der Waals surface area contributed by atoms with Gasteiger partial charge in [0.25, 0.3) is 5.56 Å². The first-order valence-corrected chi connectivity index (χ1v) is 17.4. The molecule has 15 heteroatoms. The monoisotopic (exact) mass is 689 g/mol. The molecule has 1 fully saturated rings. The number of ether oxygens (including phenoxy) is 2. The van der Waals surface area contributed by atoms with E-state index in [1.165, 1.54) is 54.0 Å². The second-order valence-corrected chi connectivity index (χ2v) is 14.1. The zero-order valence-corrected chi connectivity index (χ0v) is 28.1. The number of fused-ring (bicyclic) bond motifs is 1. The minimum Gasteiger partial charge on any atom is -0.457 e. The van der Waals surface area contributed by atoms with Gasteiger partial charge in [-0.3, -0.25) is 14.4 Å². The van der Waals surface area contributed by atoms with Crippen molar-refractivity contribution in [3.8, 4) is 34.1 Å². The molecule has 1 aliphatic heterocycles. The lowest BCUT2D eigenvalue weighted by Crippen LogP contribution is -2.43. The first-order valence-electron chi connectivity index (χ1n) is 15.8. The van der Waals surface area contributed by atoms with E-state index < -0.39 is 23.0 Å². The van der Waals surface area contributed by atoms with E-state index in [2.05, 4.69) is 26.6 Å². The molecule has 1 saturated heterocycles. The molecule has 0 amide bonds. The Morgan fingerprint density at radius 2 is 1.59 bits per heavy atom. The van der Waals surface area contributed by atoms with Crippen molar-refractivity contribution in [2.75, 3.05) is 43.7 Å². The number of anilines is 1. The molecule has 3 aromatic carbocycles. The topological polar surface area (TPSA) is 149 Å². The van der Waals surface area contributed by atoms with Crippen LogP contribution in [0.4, 0.5) is 10.1 Å². The maximum atomic E-state index is 15.5. The van der Waals surface area contributed by atoms with Gasteiger partial charge in [0.05, 0.1) is 5.75 Å². The third-order valence-electron chi connectivity index (χ3n) is 8.47. The molecule has 49 heavy (non-hydrogen) atoms. The molecule has 0 aliphatic carbocycles. The number of halogens is 1. The predicted molar refractivity (Wildman–Crippen MR) is 188 cm³/mol. The third-order valence-corrected chi connectivity index (χ3v) is 9.78. The summed E-state index contributed by atoms with van der Waals surface area (Å²) < 4.78 is 56.3. The number of aryl methyl sites for hydroxylation is 1. The molecule has 3 heterocycles. The number of likely N-dealkylation sites (N-methyl/N-ethyl adjacent to an activating group) is 1. The van der Waals surface area contributed by atoms with Crippen molar-refractivity contribution in [2.45, 2.75) is 13.5 Å². The molecule has 0 radical (unpaired) electrons. The first-order chi connectivity index (χ1) is 23.4. The molecule has 5 aromatic rings. The maximum Gasteiger partial charge on any atom is 0.488 e. The molecule has 4 N–H and O–H groups in total. The highest BCUT2D eigenvalue weighted by Crippen LogP contribution is 2.40. The Bertz CT molecular complexity index is 2150. The van der Waals surface area contributed by atoms with Gasteiger partial charge in [-0.05, 0) is 68.0 Å². The van der Waals surface area contributed by atoms with E-state index in [4.69, 9.17) is 9.47 Å². The van der Waals surface area contributed by atoms with Crippen LogP contribution in [0.1, 0.15) is 12.6 Å². The molecule has 0 bridgehead atoms. The fraction of sp³-hybridized carbons (Fsp3) is 0.265. The van der Waals surface area contributed by atoms with Crippen molar-refractivity contribution in [2.24, 2.45) is 7.05 Å². The molecule has 0 atom stereocenters. The summed E-state index contributed by atoms with van der Waals surface area (Å²) in [5.41, 5.74) is 2.62. The third kappa shape index (κ3) is 7.82. The minimum absolute atomic E-state index is 0.111. The number of piperazine rings is 1. The Kier molecular flexibility index (Phi) is 9.81. The van der Waals surface area contributed by atoms with E-state index in [-0.39, 0.29) is 39.7 Å². The van der Waals surface area contributed by atoms with Crippen LogP contribution < -0.4 is 25.2 Å². The second-order valence-electron chi connectivity index (χ2n) is 12.1. The van der Waals surface area contributed by atoms with Crippen molar-refractivity contribution < 1.29 is 32.3 Å². The van der Waals surface area contributed by atoms with E-state index in [1.807, 2.05) is 6.07 Å². The van der Waals surface area contributed by atoms with Crippen LogP contribution in [0.5, 0.6) is 23.0 Å². The largest absolute Gasteiger partial charge is 0.488 e. The summed E-state index contributed by atoms with van der Waals surface area (Å²) in [5.74, 6) is -0.185. The molecule has 1 aliphatic rings. The zero-order chi connectivity index (χ0) is 34.9. The molecular weight excluding hydrogens is 652 g/mol. The molecular formula is C34H37BFN5O7S. The average Bonchev–Trinajstić information content (AvgIpc) is 3.50. The van der Waals surface area contributed by atoms with Gasteiger partial charge in [0, 0.05) is 79.9 Å². The van der Waals surface area contributed by atoms with Gasteiger partial charge in [-0.25, -0.2) is 12.8 Å². The minimum atomic E-state index is -3.62. The highest BCUT2D eigenvalue weighted by Gasteiger charge is 2.21. The number of aromatic amines is 1. The number of hydrogen-bond acceptors (Lipinski definition) is 9. The summed E-state index contributed by atoms with van der Waals surface area (Å²) in [6.07, 6.45) is 1.66. The van der Waals surface area contributed by atoms with Crippen LogP contribution in [0.25, 0.3) is 22.0 Å². The van der Waals surface area contributed by atoms with Crippen LogP contribution in [-0.2, 0) is 23.6 Å². The van der Waals surface area contributed by atoms with E-state index in [1.54, 1.807) is 25.4 Å². The molecule has 12 nitrogen and oxygen atoms in total. The number of rotatable bonds is 11. The van der Waals surface area contributed by atoms with Gasteiger partial charge >= 0.3 is 7.12 Å². The summed E-state index contributed by atoms with van der Waals surface area (Å²) in [6.45, 7) is 5.83. The number of aromatic nitrogens is 2. The Labute approximate surface area is 283 Å². The lowest BCUT2D eigenvalue weighted by atomic mass is 9.80. The number of hydrogen-bond donors (Lipinski definition) is 4. The van der Waals surface area contributed by atoms with Gasteiger partial charge in [0.2, 0.25) is 10.0 Å².